The minimum atomic E-state index is -1.44. The minimum Gasteiger partial charge on any atom is -0.463 e. The second-order valence-electron chi connectivity index (χ2n) is 9.02. The van der Waals surface area contributed by atoms with E-state index in [2.05, 4.69) is 4.90 Å². The lowest BCUT2D eigenvalue weighted by molar-refractivity contribution is -0.184. The van der Waals surface area contributed by atoms with E-state index < -0.39 is 59.6 Å². The third-order valence-corrected chi connectivity index (χ3v) is 7.21. The Kier molecular flexibility index (Phi) is 12.2. The van der Waals surface area contributed by atoms with Crippen molar-refractivity contribution in [2.24, 2.45) is 0 Å². The summed E-state index contributed by atoms with van der Waals surface area (Å²) in [5.74, 6) is -4.81. The highest BCUT2D eigenvalue weighted by Gasteiger charge is 2.39. The lowest BCUT2D eigenvalue weighted by Gasteiger charge is -2.29. The van der Waals surface area contributed by atoms with Gasteiger partial charge in [-0.25, -0.2) is 24.0 Å². The highest BCUT2D eigenvalue weighted by atomic mass is 32.2. The van der Waals surface area contributed by atoms with Gasteiger partial charge in [-0.05, 0) is 60.5 Å². The number of rotatable bonds is 11. The molecule has 0 aliphatic carbocycles. The van der Waals surface area contributed by atoms with Gasteiger partial charge in [0.1, 0.15) is 5.37 Å². The molecule has 0 radical (unpaired) electrons. The number of hydrogen-bond acceptors (Lipinski definition) is 13. The largest absolute Gasteiger partial charge is 0.463 e. The molecule has 1 unspecified atom stereocenters. The van der Waals surface area contributed by atoms with Crippen LogP contribution in [0.4, 0.5) is 0 Å². The third kappa shape index (κ3) is 9.24. The molecular formula is C25H36N2O11S. The van der Waals surface area contributed by atoms with Gasteiger partial charge in [0.25, 0.3) is 5.91 Å². The summed E-state index contributed by atoms with van der Waals surface area (Å²) >= 11 is 1.25. The first kappa shape index (κ1) is 32.1. The van der Waals surface area contributed by atoms with Crippen LogP contribution in [-0.2, 0) is 52.5 Å². The summed E-state index contributed by atoms with van der Waals surface area (Å²) in [6, 6.07) is 0. The van der Waals surface area contributed by atoms with Crippen LogP contribution >= 0.6 is 11.8 Å². The van der Waals surface area contributed by atoms with Crippen LogP contribution < -0.4 is 0 Å². The monoisotopic (exact) mass is 572 g/mol. The average molecular weight is 573 g/mol. The van der Waals surface area contributed by atoms with Crippen molar-refractivity contribution in [1.82, 2.24) is 9.80 Å². The van der Waals surface area contributed by atoms with Crippen molar-refractivity contribution < 1.29 is 52.5 Å². The Bertz CT molecular complexity index is 979. The van der Waals surface area contributed by atoms with Crippen LogP contribution in [0.15, 0.2) is 11.1 Å². The molecule has 2 rings (SSSR count). The van der Waals surface area contributed by atoms with Gasteiger partial charge in [-0.3, -0.25) is 9.69 Å². The average Bonchev–Trinajstić information content (AvgIpc) is 3.17. The fourth-order valence-electron chi connectivity index (χ4n) is 3.60. The van der Waals surface area contributed by atoms with Crippen LogP contribution in [0.2, 0.25) is 0 Å². The molecule has 2 aliphatic rings. The van der Waals surface area contributed by atoms with Crippen molar-refractivity contribution >= 4 is 47.5 Å². The van der Waals surface area contributed by atoms with Gasteiger partial charge in [0.15, 0.2) is 24.4 Å². The number of esters is 5. The second kappa shape index (κ2) is 14.9. The van der Waals surface area contributed by atoms with E-state index in [1.54, 1.807) is 14.0 Å². The van der Waals surface area contributed by atoms with E-state index in [1.165, 1.54) is 44.4 Å². The van der Waals surface area contributed by atoms with E-state index in [4.69, 9.17) is 23.7 Å². The predicted octanol–water partition coefficient (Wildman–Crippen LogP) is 1.13. The van der Waals surface area contributed by atoms with Crippen LogP contribution in [0.25, 0.3) is 0 Å². The molecule has 39 heavy (non-hydrogen) atoms. The van der Waals surface area contributed by atoms with E-state index in [-0.39, 0.29) is 12.5 Å². The van der Waals surface area contributed by atoms with E-state index in [0.29, 0.717) is 5.03 Å². The zero-order valence-corrected chi connectivity index (χ0v) is 23.8. The molecule has 2 saturated heterocycles. The molecule has 0 aromatic carbocycles. The summed E-state index contributed by atoms with van der Waals surface area (Å²) in [6.45, 7) is 8.34. The molecule has 0 aromatic heterocycles. The number of carbonyl (C=O) groups is 6. The topological polar surface area (TPSA) is 155 Å². The van der Waals surface area contributed by atoms with Crippen molar-refractivity contribution in [3.05, 3.63) is 11.1 Å². The molecule has 5 atom stereocenters. The van der Waals surface area contributed by atoms with Gasteiger partial charge >= 0.3 is 29.8 Å². The Labute approximate surface area is 231 Å². The molecule has 218 valence electrons. The maximum atomic E-state index is 12.6. The molecule has 1 amide bonds. The molecule has 13 nitrogen and oxygen atoms in total. The van der Waals surface area contributed by atoms with E-state index in [9.17, 15) is 28.8 Å². The van der Waals surface area contributed by atoms with Crippen molar-refractivity contribution in [3.63, 3.8) is 0 Å². The van der Waals surface area contributed by atoms with E-state index >= 15 is 0 Å². The molecule has 2 fully saturated rings. The number of thioether (sulfide) groups is 1. The summed E-state index contributed by atoms with van der Waals surface area (Å²) in [4.78, 5) is 76.8. The summed E-state index contributed by atoms with van der Waals surface area (Å²) in [5.41, 5.74) is 0. The van der Waals surface area contributed by atoms with Crippen molar-refractivity contribution in [2.45, 2.75) is 83.7 Å². The van der Waals surface area contributed by atoms with Gasteiger partial charge in [-0.15, -0.1) is 0 Å². The van der Waals surface area contributed by atoms with Crippen LogP contribution in [0.5, 0.6) is 0 Å². The smallest absolute Gasteiger partial charge is 0.348 e. The van der Waals surface area contributed by atoms with Crippen molar-refractivity contribution in [1.29, 1.82) is 0 Å². The summed E-state index contributed by atoms with van der Waals surface area (Å²) in [6.07, 6.45) is -1.11. The third-order valence-electron chi connectivity index (χ3n) is 5.85. The summed E-state index contributed by atoms with van der Waals surface area (Å²) in [5, 5.41) is -0.00659. The SMILES string of the molecule is CCOC(=O)[C@H](C)OC(=O)[C@H](C)OC(=O)[C@H](C)OC(=O)[C@H](C)OC(=O)/C=C1/SC(N2CCCCC2)C(=O)N1C. The first-order chi connectivity index (χ1) is 18.3. The molecule has 0 aromatic rings. The molecular weight excluding hydrogens is 536 g/mol. The number of hydrogen-bond donors (Lipinski definition) is 0. The molecule has 2 aliphatic heterocycles. The summed E-state index contributed by atoms with van der Waals surface area (Å²) in [7, 11) is 1.57. The minimum absolute atomic E-state index is 0.105. The maximum absolute atomic E-state index is 12.6. The Morgan fingerprint density at radius 2 is 1.28 bits per heavy atom. The number of amides is 1. The molecule has 0 N–H and O–H groups in total. The van der Waals surface area contributed by atoms with Gasteiger partial charge in [-0.2, -0.15) is 0 Å². The lowest BCUT2D eigenvalue weighted by atomic mass is 10.1. The van der Waals surface area contributed by atoms with Crippen LogP contribution in [0.3, 0.4) is 0 Å². The molecule has 0 bridgehead atoms. The fourth-order valence-corrected chi connectivity index (χ4v) is 4.86. The standard InChI is InChI=1S/C25H36N2O11S/c1-7-34-22(30)14(2)36-24(32)16(4)38-25(33)17(5)37-23(31)15(3)35-19(28)13-18-26(6)20(29)21(39-18)27-11-9-8-10-12-27/h13-17,21H,7-12H2,1-6H3/b18-13+/t14-,15-,16-,17-,21?/m0/s1. The van der Waals surface area contributed by atoms with Gasteiger partial charge in [-0.1, -0.05) is 18.2 Å². The van der Waals surface area contributed by atoms with E-state index in [0.717, 1.165) is 38.4 Å². The van der Waals surface area contributed by atoms with Crippen LogP contribution in [0.1, 0.15) is 53.9 Å². The first-order valence-electron chi connectivity index (χ1n) is 12.7. The van der Waals surface area contributed by atoms with Gasteiger partial charge in [0.2, 0.25) is 0 Å². The lowest BCUT2D eigenvalue weighted by Crippen LogP contribution is -2.42. The highest BCUT2D eigenvalue weighted by Crippen LogP contribution is 2.36. The second-order valence-corrected chi connectivity index (χ2v) is 10.1. The van der Waals surface area contributed by atoms with E-state index in [1.807, 2.05) is 0 Å². The zero-order valence-electron chi connectivity index (χ0n) is 23.0. The molecule has 0 spiro atoms. The number of likely N-dealkylation sites (tertiary alicyclic amines) is 1. The predicted molar refractivity (Wildman–Crippen MR) is 137 cm³/mol. The number of carbonyl (C=O) groups excluding carboxylic acids is 6. The number of piperidine rings is 1. The van der Waals surface area contributed by atoms with Crippen LogP contribution in [-0.4, -0.2) is 102 Å². The normalized spacial score (nSPS) is 21.9. The Balaban J connectivity index is 1.83. The van der Waals surface area contributed by atoms with Gasteiger partial charge in [0, 0.05) is 7.05 Å². The Morgan fingerprint density at radius 1 is 0.821 bits per heavy atom. The Morgan fingerprint density at radius 3 is 1.77 bits per heavy atom. The van der Waals surface area contributed by atoms with Gasteiger partial charge < -0.3 is 28.6 Å². The van der Waals surface area contributed by atoms with Crippen molar-refractivity contribution in [3.8, 4) is 0 Å². The first-order valence-corrected chi connectivity index (χ1v) is 13.6. The molecule has 0 saturated carbocycles. The maximum Gasteiger partial charge on any atom is 0.348 e. The quantitative estimate of drug-likeness (QED) is 0.197. The van der Waals surface area contributed by atoms with Crippen molar-refractivity contribution in [2.75, 3.05) is 26.7 Å². The summed E-state index contributed by atoms with van der Waals surface area (Å²) < 4.78 is 24.7. The number of nitrogens with zero attached hydrogens (tertiary/aromatic N) is 2. The number of likely N-dealkylation sites (N-methyl/N-ethyl adjacent to an activating group) is 1. The molecule has 2 heterocycles. The van der Waals surface area contributed by atoms with Gasteiger partial charge in [0.05, 0.1) is 17.7 Å². The zero-order chi connectivity index (χ0) is 29.3. The fraction of sp³-hybridized carbons (Fsp3) is 0.680. The molecule has 14 heteroatoms. The highest BCUT2D eigenvalue weighted by molar-refractivity contribution is 8.04. The Hall–Kier alpha value is -3.13. The van der Waals surface area contributed by atoms with Crippen LogP contribution in [0, 0.1) is 0 Å². The number of ether oxygens (including phenoxy) is 5.